The largest absolute Gasteiger partial charge is 0.377 e. The van der Waals surface area contributed by atoms with Crippen LogP contribution in [0.3, 0.4) is 0 Å². The van der Waals surface area contributed by atoms with E-state index < -0.39 is 10.0 Å². The molecule has 6 heteroatoms. The molecule has 0 heterocycles. The van der Waals surface area contributed by atoms with Crippen LogP contribution in [-0.2, 0) is 14.8 Å². The lowest BCUT2D eigenvalue weighted by atomic mass is 10.1. The lowest BCUT2D eigenvalue weighted by molar-refractivity contribution is 0.550. The third kappa shape index (κ3) is 2.66. The van der Waals surface area contributed by atoms with E-state index in [0.717, 1.165) is 11.1 Å². The molecule has 0 aromatic heterocycles. The van der Waals surface area contributed by atoms with Gasteiger partial charge in [-0.05, 0) is 12.1 Å². The van der Waals surface area contributed by atoms with Crippen LogP contribution in [0.15, 0.2) is 41.3 Å². The second-order valence-corrected chi connectivity index (χ2v) is 6.23. The fraction of sp³-hybridized carbons (Fsp3) is 0.214. The predicted molar refractivity (Wildman–Crippen MR) is 79.2 cm³/mol. The fourth-order valence-electron chi connectivity index (χ4n) is 2.09. The summed E-state index contributed by atoms with van der Waals surface area (Å²) in [6.07, 6.45) is 1.52. The van der Waals surface area contributed by atoms with Gasteiger partial charge in [0.15, 0.2) is 0 Å². The van der Waals surface area contributed by atoms with Crippen LogP contribution in [0.2, 0.25) is 0 Å². The number of benzene rings is 2. The van der Waals surface area contributed by atoms with Gasteiger partial charge in [0.2, 0.25) is 16.3 Å². The van der Waals surface area contributed by atoms with E-state index in [4.69, 9.17) is 0 Å². The minimum absolute atomic E-state index is 0.161. The molecule has 20 heavy (non-hydrogen) atoms. The third-order valence-electron chi connectivity index (χ3n) is 2.96. The first-order valence-electron chi connectivity index (χ1n) is 6.01. The first-order chi connectivity index (χ1) is 9.47. The fourth-order valence-corrected chi connectivity index (χ4v) is 3.22. The first kappa shape index (κ1) is 14.5. The predicted octanol–water partition coefficient (Wildman–Crippen LogP) is 1.29. The summed E-state index contributed by atoms with van der Waals surface area (Å²) in [4.78, 5) is 12.3. The Hall–Kier alpha value is -1.92. The maximum Gasteiger partial charge on any atom is 0.241 e. The van der Waals surface area contributed by atoms with Gasteiger partial charge in [-0.25, -0.2) is 13.1 Å². The van der Waals surface area contributed by atoms with Gasteiger partial charge in [0.1, 0.15) is 0 Å². The van der Waals surface area contributed by atoms with Gasteiger partial charge in [0.25, 0.3) is 0 Å². The number of nitrogens with zero attached hydrogens (tertiary/aromatic N) is 1. The zero-order chi connectivity index (χ0) is 14.8. The van der Waals surface area contributed by atoms with Crippen molar-refractivity contribution in [3.63, 3.8) is 0 Å². The molecule has 0 saturated heterocycles. The molecule has 0 unspecified atom stereocenters. The second-order valence-electron chi connectivity index (χ2n) is 4.49. The Kier molecular flexibility index (Phi) is 4.06. The van der Waals surface area contributed by atoms with Crippen LogP contribution in [0, 0.1) is 0 Å². The van der Waals surface area contributed by atoms with Crippen molar-refractivity contribution in [3.8, 4) is 0 Å². The lowest BCUT2D eigenvalue weighted by Crippen LogP contribution is -2.25. The highest BCUT2D eigenvalue weighted by atomic mass is 32.2. The quantitative estimate of drug-likeness (QED) is 0.901. The van der Waals surface area contributed by atoms with Gasteiger partial charge in [0, 0.05) is 30.6 Å². The Morgan fingerprint density at radius 1 is 1.10 bits per heavy atom. The molecule has 0 aliphatic heterocycles. The molecule has 105 valence electrons. The summed E-state index contributed by atoms with van der Waals surface area (Å²) in [5.74, 6) is 0. The molecule has 0 aliphatic rings. The van der Waals surface area contributed by atoms with E-state index in [1.54, 1.807) is 12.1 Å². The van der Waals surface area contributed by atoms with Crippen molar-refractivity contribution in [2.75, 3.05) is 25.5 Å². The van der Waals surface area contributed by atoms with Crippen LogP contribution in [-0.4, -0.2) is 35.3 Å². The number of carbonyl (C=O) groups excluding carboxylic acids is 1. The summed E-state index contributed by atoms with van der Waals surface area (Å²) in [5.41, 5.74) is 0.932. The summed E-state index contributed by atoms with van der Waals surface area (Å²) < 4.78 is 26.6. The van der Waals surface area contributed by atoms with Crippen molar-refractivity contribution in [1.29, 1.82) is 0 Å². The van der Waals surface area contributed by atoms with E-state index in [9.17, 15) is 13.2 Å². The van der Waals surface area contributed by atoms with Crippen molar-refractivity contribution >= 4 is 32.8 Å². The molecule has 1 N–H and O–H groups in total. The molecule has 0 aliphatic carbocycles. The van der Waals surface area contributed by atoms with Gasteiger partial charge >= 0.3 is 0 Å². The molecule has 0 saturated carbocycles. The maximum atomic E-state index is 12.2. The molecule has 2 aromatic carbocycles. The maximum absolute atomic E-state index is 12.2. The zero-order valence-corrected chi connectivity index (χ0v) is 12.1. The molecule has 5 nitrogen and oxygen atoms in total. The smallest absolute Gasteiger partial charge is 0.241 e. The van der Waals surface area contributed by atoms with Gasteiger partial charge in [-0.1, -0.05) is 24.3 Å². The van der Waals surface area contributed by atoms with Gasteiger partial charge in [0.05, 0.1) is 11.4 Å². The van der Waals surface area contributed by atoms with Crippen LogP contribution >= 0.6 is 0 Å². The highest BCUT2D eigenvalue weighted by Gasteiger charge is 2.17. The topological polar surface area (TPSA) is 66.5 Å². The Morgan fingerprint density at radius 2 is 1.75 bits per heavy atom. The Morgan fingerprint density at radius 3 is 2.40 bits per heavy atom. The Balaban J connectivity index is 2.67. The standard InChI is InChI=1S/C14H15N2O3S/c1-16(2)13-7-3-6-12-11(13)5-4-8-14(12)20(18,19)15-9-10-17/h3-8,15H,9H2,1-2H3. The molecular formula is C14H15N2O3S. The van der Waals surface area contributed by atoms with Crippen molar-refractivity contribution in [1.82, 2.24) is 4.72 Å². The highest BCUT2D eigenvalue weighted by Crippen LogP contribution is 2.29. The van der Waals surface area contributed by atoms with Crippen molar-refractivity contribution in [2.45, 2.75) is 4.90 Å². The third-order valence-corrected chi connectivity index (χ3v) is 4.42. The van der Waals surface area contributed by atoms with E-state index in [0.29, 0.717) is 5.39 Å². The summed E-state index contributed by atoms with van der Waals surface area (Å²) in [6.45, 7) is -0.355. The highest BCUT2D eigenvalue weighted by molar-refractivity contribution is 7.89. The van der Waals surface area contributed by atoms with Crippen molar-refractivity contribution < 1.29 is 13.2 Å². The minimum atomic E-state index is -3.72. The summed E-state index contributed by atoms with van der Waals surface area (Å²) in [5, 5.41) is 1.47. The molecule has 0 amide bonds. The summed E-state index contributed by atoms with van der Waals surface area (Å²) in [6, 6.07) is 10.6. The van der Waals surface area contributed by atoms with E-state index in [1.807, 2.05) is 37.2 Å². The number of nitrogens with one attached hydrogen (secondary N) is 1. The van der Waals surface area contributed by atoms with E-state index in [1.165, 1.54) is 12.4 Å². The zero-order valence-electron chi connectivity index (χ0n) is 11.3. The summed E-state index contributed by atoms with van der Waals surface area (Å²) >= 11 is 0. The van der Waals surface area contributed by atoms with Gasteiger partial charge in [-0.3, -0.25) is 4.79 Å². The summed E-state index contributed by atoms with van der Waals surface area (Å²) in [7, 11) is 0.0742. The van der Waals surface area contributed by atoms with Crippen LogP contribution in [0.25, 0.3) is 10.8 Å². The SMILES string of the molecule is CN(C)c1cccc2c(S(=O)(=O)NC[C]=O)cccc12. The van der Waals surface area contributed by atoms with E-state index in [-0.39, 0.29) is 11.4 Å². The minimum Gasteiger partial charge on any atom is -0.377 e. The molecule has 2 aromatic rings. The van der Waals surface area contributed by atoms with E-state index in [2.05, 4.69) is 4.72 Å². The molecule has 0 atom stereocenters. The number of fused-ring (bicyclic) bond motifs is 1. The average molecular weight is 291 g/mol. The van der Waals surface area contributed by atoms with Gasteiger partial charge < -0.3 is 4.90 Å². The van der Waals surface area contributed by atoms with Crippen LogP contribution in [0.1, 0.15) is 0 Å². The Labute approximate surface area is 118 Å². The van der Waals surface area contributed by atoms with Crippen molar-refractivity contribution in [2.24, 2.45) is 0 Å². The van der Waals surface area contributed by atoms with E-state index >= 15 is 0 Å². The van der Waals surface area contributed by atoms with Crippen LogP contribution in [0.5, 0.6) is 0 Å². The number of sulfonamides is 1. The molecule has 2 rings (SSSR count). The first-order valence-corrected chi connectivity index (χ1v) is 7.49. The number of hydrogen-bond acceptors (Lipinski definition) is 4. The number of anilines is 1. The average Bonchev–Trinajstić information content (AvgIpc) is 2.43. The molecule has 0 fully saturated rings. The van der Waals surface area contributed by atoms with Crippen LogP contribution in [0.4, 0.5) is 5.69 Å². The molecular weight excluding hydrogens is 276 g/mol. The molecule has 1 radical (unpaired) electrons. The second kappa shape index (κ2) is 5.60. The normalized spacial score (nSPS) is 11.5. The van der Waals surface area contributed by atoms with Crippen molar-refractivity contribution in [3.05, 3.63) is 36.4 Å². The molecule has 0 spiro atoms. The molecule has 0 bridgehead atoms. The van der Waals surface area contributed by atoms with Crippen LogP contribution < -0.4 is 9.62 Å². The number of rotatable bonds is 5. The monoisotopic (exact) mass is 291 g/mol. The van der Waals surface area contributed by atoms with Gasteiger partial charge in [-0.2, -0.15) is 0 Å². The number of hydrogen-bond donors (Lipinski definition) is 1. The lowest BCUT2D eigenvalue weighted by Gasteiger charge is -2.16. The van der Waals surface area contributed by atoms with Gasteiger partial charge in [-0.15, -0.1) is 0 Å². The Bertz CT molecular complexity index is 739.